The molecule has 3 aromatic heterocycles. The third-order valence-corrected chi connectivity index (χ3v) is 6.61. The normalized spacial score (nSPS) is 15.7. The molecular formula is C26H26ClN7O2. The van der Waals surface area contributed by atoms with E-state index in [0.29, 0.717) is 53.0 Å². The van der Waals surface area contributed by atoms with Crippen LogP contribution in [0.2, 0.25) is 5.02 Å². The highest BCUT2D eigenvalue weighted by Crippen LogP contribution is 2.37. The van der Waals surface area contributed by atoms with E-state index in [-0.39, 0.29) is 11.9 Å². The van der Waals surface area contributed by atoms with Crippen LogP contribution in [0.3, 0.4) is 0 Å². The van der Waals surface area contributed by atoms with E-state index in [1.54, 1.807) is 17.2 Å². The standard InChI is InChI=1S/C26H26ClN7O2/c1-3-22(35)33-10-4-5-19(13-33)34-26-23(25(28)30-15-31-26)24(32-34)18-8-9-21(20(27)11-18)36-14-17-7-6-16(2)29-12-17/h3,6-9,11-12,15,19H,1,4-5,10,13-14H2,2H3,(H2,28,30,31). The molecule has 10 heteroatoms. The van der Waals surface area contributed by atoms with Crippen LogP contribution in [-0.2, 0) is 11.4 Å². The molecule has 1 aliphatic rings. The molecule has 1 atom stereocenters. The van der Waals surface area contributed by atoms with Gasteiger partial charge in [-0.2, -0.15) is 5.10 Å². The third-order valence-electron chi connectivity index (χ3n) is 6.32. The highest BCUT2D eigenvalue weighted by Gasteiger charge is 2.28. The Hall–Kier alpha value is -3.98. The van der Waals surface area contributed by atoms with Gasteiger partial charge in [0, 0.05) is 36.1 Å². The maximum absolute atomic E-state index is 12.2. The van der Waals surface area contributed by atoms with Crippen LogP contribution in [0.5, 0.6) is 5.75 Å². The van der Waals surface area contributed by atoms with Crippen LogP contribution < -0.4 is 10.5 Å². The first kappa shape index (κ1) is 23.7. The first-order valence-corrected chi connectivity index (χ1v) is 12.1. The predicted molar refractivity (Wildman–Crippen MR) is 139 cm³/mol. The molecule has 1 amide bonds. The van der Waals surface area contributed by atoms with E-state index >= 15 is 0 Å². The highest BCUT2D eigenvalue weighted by atomic mass is 35.5. The molecule has 0 bridgehead atoms. The molecule has 1 unspecified atom stereocenters. The van der Waals surface area contributed by atoms with Gasteiger partial charge in [0.25, 0.3) is 0 Å². The van der Waals surface area contributed by atoms with E-state index in [1.807, 2.05) is 35.9 Å². The second kappa shape index (κ2) is 9.94. The largest absolute Gasteiger partial charge is 0.487 e. The minimum absolute atomic E-state index is 0.0469. The molecule has 0 spiro atoms. The van der Waals surface area contributed by atoms with Gasteiger partial charge < -0.3 is 15.4 Å². The minimum Gasteiger partial charge on any atom is -0.487 e. The number of nitrogens with zero attached hydrogens (tertiary/aromatic N) is 6. The zero-order valence-corrected chi connectivity index (χ0v) is 20.6. The molecule has 36 heavy (non-hydrogen) atoms. The van der Waals surface area contributed by atoms with Gasteiger partial charge in [-0.25, -0.2) is 14.6 Å². The van der Waals surface area contributed by atoms with E-state index in [2.05, 4.69) is 21.5 Å². The number of nitrogens with two attached hydrogens (primary N) is 1. The van der Waals surface area contributed by atoms with Crippen molar-refractivity contribution < 1.29 is 9.53 Å². The topological polar surface area (TPSA) is 112 Å². The first-order valence-electron chi connectivity index (χ1n) is 11.7. The summed E-state index contributed by atoms with van der Waals surface area (Å²) < 4.78 is 7.77. The van der Waals surface area contributed by atoms with E-state index in [9.17, 15) is 4.79 Å². The molecular weight excluding hydrogens is 478 g/mol. The lowest BCUT2D eigenvalue weighted by atomic mass is 10.1. The quantitative estimate of drug-likeness (QED) is 0.389. The molecule has 0 aliphatic carbocycles. The molecule has 184 valence electrons. The fourth-order valence-electron chi connectivity index (χ4n) is 4.45. The maximum atomic E-state index is 12.2. The van der Waals surface area contributed by atoms with Crippen LogP contribution in [0.1, 0.15) is 30.1 Å². The lowest BCUT2D eigenvalue weighted by Crippen LogP contribution is -2.40. The summed E-state index contributed by atoms with van der Waals surface area (Å²) in [5.41, 5.74) is 10.2. The summed E-state index contributed by atoms with van der Waals surface area (Å²) >= 11 is 6.60. The predicted octanol–water partition coefficient (Wildman–Crippen LogP) is 4.36. The Morgan fingerprint density at radius 3 is 2.89 bits per heavy atom. The average Bonchev–Trinajstić information content (AvgIpc) is 3.29. The number of aryl methyl sites for hydroxylation is 1. The van der Waals surface area contributed by atoms with Crippen LogP contribution in [0, 0.1) is 6.92 Å². The number of hydrogen-bond acceptors (Lipinski definition) is 7. The summed E-state index contributed by atoms with van der Waals surface area (Å²) in [6, 6.07) is 9.38. The van der Waals surface area contributed by atoms with Gasteiger partial charge >= 0.3 is 0 Å². The number of aromatic nitrogens is 5. The summed E-state index contributed by atoms with van der Waals surface area (Å²) in [5, 5.41) is 6.00. The molecule has 4 heterocycles. The number of pyridine rings is 1. The summed E-state index contributed by atoms with van der Waals surface area (Å²) in [6.07, 6.45) is 6.28. The van der Waals surface area contributed by atoms with Crippen molar-refractivity contribution in [1.82, 2.24) is 29.6 Å². The number of amides is 1. The number of halogens is 1. The molecule has 1 saturated heterocycles. The van der Waals surface area contributed by atoms with Crippen molar-refractivity contribution in [2.24, 2.45) is 0 Å². The average molecular weight is 504 g/mol. The number of piperidine rings is 1. The summed E-state index contributed by atoms with van der Waals surface area (Å²) in [7, 11) is 0. The lowest BCUT2D eigenvalue weighted by Gasteiger charge is -2.32. The van der Waals surface area contributed by atoms with Gasteiger partial charge in [-0.1, -0.05) is 24.2 Å². The van der Waals surface area contributed by atoms with Crippen LogP contribution in [-0.4, -0.2) is 48.6 Å². The van der Waals surface area contributed by atoms with Crippen molar-refractivity contribution >= 4 is 34.4 Å². The third kappa shape index (κ3) is 4.61. The number of nitrogen functional groups attached to an aromatic ring is 1. The summed E-state index contributed by atoms with van der Waals surface area (Å²) in [5.74, 6) is 0.800. The second-order valence-corrected chi connectivity index (χ2v) is 9.18. The Bertz CT molecular complexity index is 1430. The zero-order valence-electron chi connectivity index (χ0n) is 19.9. The van der Waals surface area contributed by atoms with Gasteiger partial charge in [0.15, 0.2) is 5.65 Å². The van der Waals surface area contributed by atoms with Gasteiger partial charge in [-0.3, -0.25) is 9.78 Å². The lowest BCUT2D eigenvalue weighted by molar-refractivity contribution is -0.127. The van der Waals surface area contributed by atoms with Crippen LogP contribution in [0.25, 0.3) is 22.3 Å². The van der Waals surface area contributed by atoms with Crippen LogP contribution in [0.4, 0.5) is 5.82 Å². The molecule has 1 fully saturated rings. The molecule has 5 rings (SSSR count). The Morgan fingerprint density at radius 1 is 1.28 bits per heavy atom. The first-order chi connectivity index (χ1) is 17.4. The molecule has 1 aromatic carbocycles. The van der Waals surface area contributed by atoms with E-state index in [1.165, 1.54) is 12.4 Å². The van der Waals surface area contributed by atoms with Gasteiger partial charge in [0.2, 0.25) is 5.91 Å². The number of carbonyl (C=O) groups is 1. The fourth-order valence-corrected chi connectivity index (χ4v) is 4.68. The SMILES string of the molecule is C=CC(=O)N1CCCC(n2nc(-c3ccc(OCc4ccc(C)nc4)c(Cl)c3)c3c(N)ncnc32)C1. The van der Waals surface area contributed by atoms with Crippen molar-refractivity contribution in [3.63, 3.8) is 0 Å². The number of benzene rings is 1. The highest BCUT2D eigenvalue weighted by molar-refractivity contribution is 6.32. The summed E-state index contributed by atoms with van der Waals surface area (Å²) in [6.45, 7) is 7.12. The van der Waals surface area contributed by atoms with Crippen molar-refractivity contribution in [2.75, 3.05) is 18.8 Å². The smallest absolute Gasteiger partial charge is 0.246 e. The molecule has 9 nitrogen and oxygen atoms in total. The summed E-state index contributed by atoms with van der Waals surface area (Å²) in [4.78, 5) is 27.0. The Kier molecular flexibility index (Phi) is 6.56. The molecule has 0 saturated carbocycles. The van der Waals surface area contributed by atoms with Crippen LogP contribution >= 0.6 is 11.6 Å². The number of hydrogen-bond donors (Lipinski definition) is 1. The number of anilines is 1. The zero-order chi connectivity index (χ0) is 25.2. The van der Waals surface area contributed by atoms with Crippen molar-refractivity contribution in [3.05, 3.63) is 71.8 Å². The molecule has 0 radical (unpaired) electrons. The molecule has 1 aliphatic heterocycles. The maximum Gasteiger partial charge on any atom is 0.246 e. The molecule has 2 N–H and O–H groups in total. The van der Waals surface area contributed by atoms with E-state index < -0.39 is 0 Å². The number of ether oxygens (including phenoxy) is 1. The van der Waals surface area contributed by atoms with E-state index in [4.69, 9.17) is 27.2 Å². The van der Waals surface area contributed by atoms with Crippen molar-refractivity contribution in [2.45, 2.75) is 32.4 Å². The monoisotopic (exact) mass is 503 g/mol. The fraction of sp³-hybridized carbons (Fsp3) is 0.269. The van der Waals surface area contributed by atoms with Gasteiger partial charge in [0.05, 0.1) is 16.5 Å². The Labute approximate surface area is 213 Å². The Balaban J connectivity index is 1.46. The van der Waals surface area contributed by atoms with Crippen LogP contribution in [0.15, 0.2) is 55.5 Å². The second-order valence-electron chi connectivity index (χ2n) is 8.78. The van der Waals surface area contributed by atoms with Gasteiger partial charge in [0.1, 0.15) is 30.2 Å². The number of likely N-dealkylation sites (tertiary alicyclic amines) is 1. The number of carbonyl (C=O) groups excluding carboxylic acids is 1. The van der Waals surface area contributed by atoms with Crippen molar-refractivity contribution in [3.8, 4) is 17.0 Å². The van der Waals surface area contributed by atoms with E-state index in [0.717, 1.165) is 29.7 Å². The van der Waals surface area contributed by atoms with Gasteiger partial charge in [-0.05, 0) is 50.1 Å². The minimum atomic E-state index is -0.0886. The van der Waals surface area contributed by atoms with Gasteiger partial charge in [-0.15, -0.1) is 0 Å². The number of rotatable bonds is 6. The van der Waals surface area contributed by atoms with Crippen molar-refractivity contribution in [1.29, 1.82) is 0 Å². The number of fused-ring (bicyclic) bond motifs is 1. The molecule has 4 aromatic rings. The Morgan fingerprint density at radius 2 is 2.14 bits per heavy atom.